The first-order valence-electron chi connectivity index (χ1n) is 6.86. The minimum atomic E-state index is 0.151. The summed E-state index contributed by atoms with van der Waals surface area (Å²) in [5.41, 5.74) is 4.99. The van der Waals surface area contributed by atoms with Gasteiger partial charge < -0.3 is 4.90 Å². The number of hydrogen-bond donors (Lipinski definition) is 0. The molecule has 0 saturated heterocycles. The van der Waals surface area contributed by atoms with Gasteiger partial charge in [0.2, 0.25) is 0 Å². The van der Waals surface area contributed by atoms with Crippen molar-refractivity contribution in [3.05, 3.63) is 69.2 Å². The van der Waals surface area contributed by atoms with Gasteiger partial charge in [-0.25, -0.2) is 0 Å². The molecule has 3 heteroatoms. The van der Waals surface area contributed by atoms with Crippen LogP contribution in [-0.2, 0) is 6.42 Å². The Labute approximate surface area is 133 Å². The van der Waals surface area contributed by atoms with Crippen molar-refractivity contribution >= 4 is 33.5 Å². The van der Waals surface area contributed by atoms with Crippen molar-refractivity contribution < 1.29 is 4.79 Å². The molecule has 0 aliphatic heterocycles. The summed E-state index contributed by atoms with van der Waals surface area (Å²) in [6, 6.07) is 14.0. The Morgan fingerprint density at radius 2 is 1.90 bits per heavy atom. The lowest BCUT2D eigenvalue weighted by Gasteiger charge is -2.14. The van der Waals surface area contributed by atoms with Crippen LogP contribution in [0.5, 0.6) is 0 Å². The second kappa shape index (κ2) is 5.49. The van der Waals surface area contributed by atoms with Gasteiger partial charge in [-0.3, -0.25) is 4.79 Å². The number of nitrogens with zero attached hydrogens (tertiary/aromatic N) is 1. The van der Waals surface area contributed by atoms with Crippen molar-refractivity contribution in [1.82, 2.24) is 0 Å². The number of benzene rings is 2. The summed E-state index contributed by atoms with van der Waals surface area (Å²) in [4.78, 5) is 14.4. The molecule has 0 saturated carbocycles. The zero-order valence-electron chi connectivity index (χ0n) is 12.1. The standard InChI is InChI=1S/C18H16BrNO/c1-20(2)17-8-7-12(10-16(17)19)9-14-11-13-5-3-4-6-15(13)18(14)21/h3-10H,11H2,1-2H3. The van der Waals surface area contributed by atoms with Crippen LogP contribution in [0.15, 0.2) is 52.5 Å². The van der Waals surface area contributed by atoms with E-state index in [-0.39, 0.29) is 5.78 Å². The van der Waals surface area contributed by atoms with E-state index in [2.05, 4.69) is 33.0 Å². The van der Waals surface area contributed by atoms with Crippen molar-refractivity contribution in [1.29, 1.82) is 0 Å². The molecule has 0 heterocycles. The SMILES string of the molecule is CN(C)c1ccc(C=C2Cc3ccccc3C2=O)cc1Br. The molecular formula is C18H16BrNO. The first kappa shape index (κ1) is 14.1. The number of rotatable bonds is 2. The fourth-order valence-electron chi connectivity index (χ4n) is 2.65. The number of carbonyl (C=O) groups is 1. The van der Waals surface area contributed by atoms with Crippen LogP contribution in [0.1, 0.15) is 21.5 Å². The van der Waals surface area contributed by atoms with Gasteiger partial charge in [0, 0.05) is 36.1 Å². The zero-order valence-corrected chi connectivity index (χ0v) is 13.6. The van der Waals surface area contributed by atoms with Crippen LogP contribution in [0.4, 0.5) is 5.69 Å². The van der Waals surface area contributed by atoms with E-state index in [1.807, 2.05) is 50.5 Å². The fraction of sp³-hybridized carbons (Fsp3) is 0.167. The Hall–Kier alpha value is -1.87. The maximum absolute atomic E-state index is 12.4. The van der Waals surface area contributed by atoms with E-state index in [4.69, 9.17) is 0 Å². The van der Waals surface area contributed by atoms with Gasteiger partial charge in [-0.1, -0.05) is 30.3 Å². The number of halogens is 1. The largest absolute Gasteiger partial charge is 0.377 e. The molecule has 2 aromatic carbocycles. The zero-order chi connectivity index (χ0) is 15.0. The summed E-state index contributed by atoms with van der Waals surface area (Å²) in [5, 5.41) is 0. The summed E-state index contributed by atoms with van der Waals surface area (Å²) in [6.07, 6.45) is 2.72. The quantitative estimate of drug-likeness (QED) is 0.757. The summed E-state index contributed by atoms with van der Waals surface area (Å²) in [6.45, 7) is 0. The lowest BCUT2D eigenvalue weighted by molar-refractivity contribution is 0.104. The van der Waals surface area contributed by atoms with Gasteiger partial charge in [0.15, 0.2) is 5.78 Å². The minimum Gasteiger partial charge on any atom is -0.377 e. The van der Waals surface area contributed by atoms with Gasteiger partial charge in [-0.2, -0.15) is 0 Å². The van der Waals surface area contributed by atoms with Crippen LogP contribution in [-0.4, -0.2) is 19.9 Å². The third kappa shape index (κ3) is 2.66. The third-order valence-electron chi connectivity index (χ3n) is 3.73. The molecule has 1 aliphatic carbocycles. The number of allylic oxidation sites excluding steroid dienone is 1. The molecule has 0 N–H and O–H groups in total. The normalized spacial score (nSPS) is 15.4. The summed E-state index contributed by atoms with van der Waals surface area (Å²) in [5.74, 6) is 0.151. The molecule has 21 heavy (non-hydrogen) atoms. The van der Waals surface area contributed by atoms with Crippen LogP contribution in [0.25, 0.3) is 6.08 Å². The monoisotopic (exact) mass is 341 g/mol. The van der Waals surface area contributed by atoms with Crippen LogP contribution in [0.3, 0.4) is 0 Å². The van der Waals surface area contributed by atoms with Crippen LogP contribution < -0.4 is 4.90 Å². The number of anilines is 1. The van der Waals surface area contributed by atoms with Crippen molar-refractivity contribution in [3.63, 3.8) is 0 Å². The van der Waals surface area contributed by atoms with Gasteiger partial charge in [0.05, 0.1) is 5.69 Å². The lowest BCUT2D eigenvalue weighted by Crippen LogP contribution is -2.09. The molecule has 0 aromatic heterocycles. The predicted octanol–water partition coefficient (Wildman–Crippen LogP) is 4.34. The average molecular weight is 342 g/mol. The molecule has 3 rings (SSSR count). The highest BCUT2D eigenvalue weighted by Crippen LogP contribution is 2.30. The van der Waals surface area contributed by atoms with Gasteiger partial charge in [-0.05, 0) is 45.3 Å². The van der Waals surface area contributed by atoms with Crippen LogP contribution in [0, 0.1) is 0 Å². The molecule has 2 nitrogen and oxygen atoms in total. The molecule has 2 aromatic rings. The number of ketones is 1. The van der Waals surface area contributed by atoms with Crippen molar-refractivity contribution in [3.8, 4) is 0 Å². The van der Waals surface area contributed by atoms with Gasteiger partial charge in [0.25, 0.3) is 0 Å². The van der Waals surface area contributed by atoms with E-state index in [9.17, 15) is 4.79 Å². The molecular weight excluding hydrogens is 326 g/mol. The predicted molar refractivity (Wildman–Crippen MR) is 90.9 cm³/mol. The number of fused-ring (bicyclic) bond motifs is 1. The molecule has 0 unspecified atom stereocenters. The van der Waals surface area contributed by atoms with Crippen molar-refractivity contribution in [2.24, 2.45) is 0 Å². The molecule has 0 bridgehead atoms. The minimum absolute atomic E-state index is 0.151. The van der Waals surface area contributed by atoms with Crippen molar-refractivity contribution in [2.45, 2.75) is 6.42 Å². The average Bonchev–Trinajstić information content (AvgIpc) is 2.76. The van der Waals surface area contributed by atoms with E-state index < -0.39 is 0 Å². The maximum Gasteiger partial charge on any atom is 0.189 e. The fourth-order valence-corrected chi connectivity index (χ4v) is 3.40. The van der Waals surface area contributed by atoms with Gasteiger partial charge >= 0.3 is 0 Å². The molecule has 0 spiro atoms. The van der Waals surface area contributed by atoms with E-state index in [1.54, 1.807) is 0 Å². The van der Waals surface area contributed by atoms with Crippen LogP contribution in [0.2, 0.25) is 0 Å². The molecule has 0 amide bonds. The molecule has 0 radical (unpaired) electrons. The lowest BCUT2D eigenvalue weighted by atomic mass is 10.1. The first-order valence-corrected chi connectivity index (χ1v) is 7.65. The summed E-state index contributed by atoms with van der Waals surface area (Å²) in [7, 11) is 4.02. The Kier molecular flexibility index (Phi) is 3.68. The Bertz CT molecular complexity index is 747. The molecule has 0 atom stereocenters. The maximum atomic E-state index is 12.4. The van der Waals surface area contributed by atoms with Crippen molar-refractivity contribution in [2.75, 3.05) is 19.0 Å². The van der Waals surface area contributed by atoms with E-state index in [1.165, 1.54) is 0 Å². The van der Waals surface area contributed by atoms with E-state index in [0.717, 1.165) is 38.8 Å². The molecule has 106 valence electrons. The Morgan fingerprint density at radius 3 is 2.57 bits per heavy atom. The number of Topliss-reactive ketones (excluding diaryl/α,β-unsaturated/α-hetero) is 1. The topological polar surface area (TPSA) is 20.3 Å². The highest BCUT2D eigenvalue weighted by molar-refractivity contribution is 9.10. The van der Waals surface area contributed by atoms with Crippen LogP contribution >= 0.6 is 15.9 Å². The molecule has 0 fully saturated rings. The number of carbonyl (C=O) groups excluding carboxylic acids is 1. The summed E-state index contributed by atoms with van der Waals surface area (Å²) >= 11 is 3.58. The Balaban J connectivity index is 1.94. The highest BCUT2D eigenvalue weighted by atomic mass is 79.9. The highest BCUT2D eigenvalue weighted by Gasteiger charge is 2.23. The van der Waals surface area contributed by atoms with Gasteiger partial charge in [-0.15, -0.1) is 0 Å². The molecule has 1 aliphatic rings. The van der Waals surface area contributed by atoms with E-state index in [0.29, 0.717) is 0 Å². The number of hydrogen-bond acceptors (Lipinski definition) is 2. The first-order chi connectivity index (χ1) is 10.1. The Morgan fingerprint density at radius 1 is 1.14 bits per heavy atom. The van der Waals surface area contributed by atoms with Gasteiger partial charge in [0.1, 0.15) is 0 Å². The second-order valence-electron chi connectivity index (χ2n) is 5.44. The second-order valence-corrected chi connectivity index (χ2v) is 6.29. The van der Waals surface area contributed by atoms with E-state index >= 15 is 0 Å². The summed E-state index contributed by atoms with van der Waals surface area (Å²) < 4.78 is 1.03. The third-order valence-corrected chi connectivity index (χ3v) is 4.36. The smallest absolute Gasteiger partial charge is 0.189 e.